The Balaban J connectivity index is 1.29. The van der Waals surface area contributed by atoms with Crippen LogP contribution in [0.15, 0.2) is 35.1 Å². The number of hydrogen-bond donors (Lipinski definition) is 1. The largest absolute Gasteiger partial charge is 0.370 e. The predicted octanol–water partition coefficient (Wildman–Crippen LogP) is 2.89. The average Bonchev–Trinajstić information content (AvgIpc) is 3.50. The molecule has 2 aromatic heterocycles. The average molecular weight is 396 g/mol. The van der Waals surface area contributed by atoms with Gasteiger partial charge in [-0.3, -0.25) is 9.78 Å². The molecule has 2 aliphatic carbocycles. The number of nitrogens with zero attached hydrogens (tertiary/aromatic N) is 3. The number of amides is 1. The Kier molecular flexibility index (Phi) is 5.09. The highest BCUT2D eigenvalue weighted by molar-refractivity contribution is 5.92. The Morgan fingerprint density at radius 2 is 2.24 bits per heavy atom. The van der Waals surface area contributed by atoms with Crippen molar-refractivity contribution in [1.82, 2.24) is 20.4 Å². The van der Waals surface area contributed by atoms with Crippen LogP contribution in [0.5, 0.6) is 0 Å². The van der Waals surface area contributed by atoms with Crippen LogP contribution in [0.1, 0.15) is 66.3 Å². The molecule has 2 atom stereocenters. The van der Waals surface area contributed by atoms with E-state index in [1.165, 1.54) is 6.42 Å². The Labute approximate surface area is 170 Å². The lowest BCUT2D eigenvalue weighted by Crippen LogP contribution is -2.64. The Morgan fingerprint density at radius 1 is 1.31 bits per heavy atom. The molecule has 3 fully saturated rings. The molecule has 0 bridgehead atoms. The number of pyridine rings is 1. The van der Waals surface area contributed by atoms with Gasteiger partial charge in [-0.2, -0.15) is 0 Å². The standard InChI is InChI=1S/C22H28N4O3/c27-21(18-12-19(29-25-18)17-6-7-17)26-10-11-28-22(15-26)8-2-1-5-20(22)24-14-16-4-3-9-23-13-16/h3-4,9,12-13,17,20,24H,1-2,5-8,10-11,14-15H2/t20-,22-/m0/s1. The molecular formula is C22H28N4O3. The van der Waals surface area contributed by atoms with Crippen LogP contribution in [0, 0.1) is 0 Å². The van der Waals surface area contributed by atoms with Crippen molar-refractivity contribution in [2.75, 3.05) is 19.7 Å². The molecule has 29 heavy (non-hydrogen) atoms. The van der Waals surface area contributed by atoms with Gasteiger partial charge in [-0.05, 0) is 37.3 Å². The maximum absolute atomic E-state index is 13.1. The fourth-order valence-electron chi connectivity index (χ4n) is 4.70. The van der Waals surface area contributed by atoms with E-state index in [9.17, 15) is 4.79 Å². The summed E-state index contributed by atoms with van der Waals surface area (Å²) in [6.45, 7) is 2.51. The van der Waals surface area contributed by atoms with Gasteiger partial charge in [-0.15, -0.1) is 0 Å². The summed E-state index contributed by atoms with van der Waals surface area (Å²) in [5, 5.41) is 7.74. The third-order valence-electron chi connectivity index (χ3n) is 6.48. The molecule has 1 N–H and O–H groups in total. The van der Waals surface area contributed by atoms with Crippen LogP contribution >= 0.6 is 0 Å². The van der Waals surface area contributed by atoms with Crippen molar-refractivity contribution < 1.29 is 14.1 Å². The van der Waals surface area contributed by atoms with Crippen LogP contribution in [-0.4, -0.2) is 52.3 Å². The first-order chi connectivity index (χ1) is 14.2. The first kappa shape index (κ1) is 18.8. The number of carbonyl (C=O) groups excluding carboxylic acids is 1. The van der Waals surface area contributed by atoms with Crippen LogP contribution < -0.4 is 5.32 Å². The summed E-state index contributed by atoms with van der Waals surface area (Å²) < 4.78 is 11.8. The highest BCUT2D eigenvalue weighted by Gasteiger charge is 2.46. The third-order valence-corrected chi connectivity index (χ3v) is 6.48. The first-order valence-corrected chi connectivity index (χ1v) is 10.8. The molecule has 0 radical (unpaired) electrons. The van der Waals surface area contributed by atoms with Crippen molar-refractivity contribution in [2.24, 2.45) is 0 Å². The molecule has 7 heteroatoms. The normalized spacial score (nSPS) is 27.3. The van der Waals surface area contributed by atoms with Gasteiger partial charge < -0.3 is 19.5 Å². The Bertz CT molecular complexity index is 847. The minimum atomic E-state index is -0.336. The van der Waals surface area contributed by atoms with Crippen molar-refractivity contribution in [3.8, 4) is 0 Å². The molecule has 2 saturated carbocycles. The molecule has 1 spiro atoms. The van der Waals surface area contributed by atoms with Crippen molar-refractivity contribution in [3.05, 3.63) is 47.6 Å². The summed E-state index contributed by atoms with van der Waals surface area (Å²) in [4.78, 5) is 19.2. The van der Waals surface area contributed by atoms with E-state index in [0.29, 0.717) is 31.3 Å². The van der Waals surface area contributed by atoms with Gasteiger partial charge in [-0.25, -0.2) is 0 Å². The summed E-state index contributed by atoms with van der Waals surface area (Å²) >= 11 is 0. The number of carbonyl (C=O) groups is 1. The van der Waals surface area contributed by atoms with Gasteiger partial charge in [0.05, 0.1) is 13.2 Å². The topological polar surface area (TPSA) is 80.5 Å². The lowest BCUT2D eigenvalue weighted by atomic mass is 9.78. The molecule has 3 aliphatic rings. The van der Waals surface area contributed by atoms with E-state index < -0.39 is 0 Å². The summed E-state index contributed by atoms with van der Waals surface area (Å²) in [6, 6.07) is 6.08. The molecule has 0 unspecified atom stereocenters. The predicted molar refractivity (Wildman–Crippen MR) is 106 cm³/mol. The van der Waals surface area contributed by atoms with Crippen molar-refractivity contribution in [3.63, 3.8) is 0 Å². The minimum absolute atomic E-state index is 0.0418. The second-order valence-corrected chi connectivity index (χ2v) is 8.57. The van der Waals surface area contributed by atoms with Gasteiger partial charge in [0.15, 0.2) is 5.69 Å². The minimum Gasteiger partial charge on any atom is -0.370 e. The van der Waals surface area contributed by atoms with E-state index in [1.807, 2.05) is 23.2 Å². The quantitative estimate of drug-likeness (QED) is 0.837. The van der Waals surface area contributed by atoms with Gasteiger partial charge in [0.2, 0.25) is 0 Å². The highest BCUT2D eigenvalue weighted by atomic mass is 16.5. The number of ether oxygens (including phenoxy) is 1. The number of nitrogens with one attached hydrogen (secondary N) is 1. The third kappa shape index (κ3) is 3.94. The summed E-state index contributed by atoms with van der Waals surface area (Å²) in [5.41, 5.74) is 1.25. The fourth-order valence-corrected chi connectivity index (χ4v) is 4.70. The van der Waals surface area contributed by atoms with E-state index >= 15 is 0 Å². The lowest BCUT2D eigenvalue weighted by Gasteiger charge is -2.49. The summed E-state index contributed by atoms with van der Waals surface area (Å²) in [5.74, 6) is 1.27. The van der Waals surface area contributed by atoms with Gasteiger partial charge in [0.1, 0.15) is 11.4 Å². The summed E-state index contributed by atoms with van der Waals surface area (Å²) in [7, 11) is 0. The van der Waals surface area contributed by atoms with Gasteiger partial charge in [0, 0.05) is 43.5 Å². The second-order valence-electron chi connectivity index (χ2n) is 8.57. The molecular weight excluding hydrogens is 368 g/mol. The first-order valence-electron chi connectivity index (χ1n) is 10.8. The number of aromatic nitrogens is 2. The Morgan fingerprint density at radius 3 is 3.07 bits per heavy atom. The summed E-state index contributed by atoms with van der Waals surface area (Å²) in [6.07, 6.45) is 10.3. The SMILES string of the molecule is O=C(c1cc(C2CC2)on1)N1CCO[C@@]2(CCCC[C@@H]2NCc2cccnc2)C1. The van der Waals surface area contributed by atoms with E-state index in [-0.39, 0.29) is 17.6 Å². The van der Waals surface area contributed by atoms with E-state index in [2.05, 4.69) is 21.5 Å². The monoisotopic (exact) mass is 396 g/mol. The zero-order chi connectivity index (χ0) is 19.7. The van der Waals surface area contributed by atoms with E-state index in [0.717, 1.165) is 50.0 Å². The van der Waals surface area contributed by atoms with Crippen LogP contribution in [-0.2, 0) is 11.3 Å². The zero-order valence-corrected chi connectivity index (χ0v) is 16.7. The van der Waals surface area contributed by atoms with Crippen LogP contribution in [0.4, 0.5) is 0 Å². The number of morpholine rings is 1. The molecule has 1 saturated heterocycles. The number of rotatable bonds is 5. The smallest absolute Gasteiger partial charge is 0.276 e. The van der Waals surface area contributed by atoms with Crippen LogP contribution in [0.25, 0.3) is 0 Å². The fraction of sp³-hybridized carbons (Fsp3) is 0.591. The molecule has 154 valence electrons. The van der Waals surface area contributed by atoms with Gasteiger partial charge in [-0.1, -0.05) is 24.1 Å². The number of hydrogen-bond acceptors (Lipinski definition) is 6. The molecule has 7 nitrogen and oxygen atoms in total. The van der Waals surface area contributed by atoms with Crippen molar-refractivity contribution in [1.29, 1.82) is 0 Å². The van der Waals surface area contributed by atoms with Gasteiger partial charge >= 0.3 is 0 Å². The van der Waals surface area contributed by atoms with Crippen molar-refractivity contribution in [2.45, 2.75) is 62.6 Å². The lowest BCUT2D eigenvalue weighted by molar-refractivity contribution is -0.135. The molecule has 5 rings (SSSR count). The van der Waals surface area contributed by atoms with Gasteiger partial charge in [0.25, 0.3) is 5.91 Å². The molecule has 3 heterocycles. The van der Waals surface area contributed by atoms with Crippen molar-refractivity contribution >= 4 is 5.91 Å². The van der Waals surface area contributed by atoms with Crippen LogP contribution in [0.2, 0.25) is 0 Å². The second kappa shape index (κ2) is 7.88. The maximum Gasteiger partial charge on any atom is 0.276 e. The molecule has 2 aromatic rings. The molecule has 1 aliphatic heterocycles. The van der Waals surface area contributed by atoms with E-state index in [1.54, 1.807) is 6.20 Å². The zero-order valence-electron chi connectivity index (χ0n) is 16.7. The maximum atomic E-state index is 13.1. The van der Waals surface area contributed by atoms with E-state index in [4.69, 9.17) is 9.26 Å². The van der Waals surface area contributed by atoms with Crippen LogP contribution in [0.3, 0.4) is 0 Å². The highest BCUT2D eigenvalue weighted by Crippen LogP contribution is 2.40. The molecule has 1 amide bonds. The Hall–Kier alpha value is -2.25. The molecule has 0 aromatic carbocycles.